The van der Waals surface area contributed by atoms with E-state index in [0.29, 0.717) is 12.5 Å². The van der Waals surface area contributed by atoms with Gasteiger partial charge in [-0.25, -0.2) is 0 Å². The molecule has 21 heavy (non-hydrogen) atoms. The maximum atomic E-state index is 12.9. The predicted octanol–water partition coefficient (Wildman–Crippen LogP) is 3.52. The molecule has 0 heterocycles. The first-order valence-corrected chi connectivity index (χ1v) is 6.83. The molecule has 2 N–H and O–H groups in total. The highest BCUT2D eigenvalue weighted by Crippen LogP contribution is 2.51. The average molecular weight is 300 g/mol. The van der Waals surface area contributed by atoms with Gasteiger partial charge in [0, 0.05) is 13.6 Å². The maximum Gasteiger partial charge on any atom is 0.418 e. The van der Waals surface area contributed by atoms with Gasteiger partial charge >= 0.3 is 6.18 Å². The van der Waals surface area contributed by atoms with Crippen LogP contribution in [0.2, 0.25) is 0 Å². The van der Waals surface area contributed by atoms with Crippen LogP contribution in [0.1, 0.15) is 36.2 Å². The summed E-state index contributed by atoms with van der Waals surface area (Å²) in [7, 11) is 1.38. The summed E-state index contributed by atoms with van der Waals surface area (Å²) in [4.78, 5) is 12.1. The number of carbonyl (C=O) groups excluding carboxylic acids is 1. The molecule has 0 spiro atoms. The number of rotatable bonds is 4. The van der Waals surface area contributed by atoms with Crippen molar-refractivity contribution in [1.82, 2.24) is 5.32 Å². The minimum Gasteiger partial charge on any atom is -0.387 e. The highest BCUT2D eigenvalue weighted by atomic mass is 19.4. The summed E-state index contributed by atoms with van der Waals surface area (Å²) >= 11 is 0. The van der Waals surface area contributed by atoms with Gasteiger partial charge in [-0.15, -0.1) is 0 Å². The van der Waals surface area contributed by atoms with E-state index in [1.165, 1.54) is 19.2 Å². The molecule has 0 saturated heterocycles. The van der Waals surface area contributed by atoms with Crippen LogP contribution in [0.4, 0.5) is 18.9 Å². The second-order valence-corrected chi connectivity index (χ2v) is 6.08. The number of halogens is 3. The Kier molecular flexibility index (Phi) is 3.91. The second-order valence-electron chi connectivity index (χ2n) is 6.08. The number of anilines is 1. The summed E-state index contributed by atoms with van der Waals surface area (Å²) in [5.74, 6) is -0.0848. The molecule has 1 saturated carbocycles. The summed E-state index contributed by atoms with van der Waals surface area (Å²) < 4.78 is 38.8. The Morgan fingerprint density at radius 1 is 1.38 bits per heavy atom. The van der Waals surface area contributed by atoms with Crippen LogP contribution in [0, 0.1) is 11.3 Å². The van der Waals surface area contributed by atoms with Gasteiger partial charge in [-0.3, -0.25) is 4.79 Å². The van der Waals surface area contributed by atoms with Crippen LogP contribution in [0.25, 0.3) is 0 Å². The predicted molar refractivity (Wildman–Crippen MR) is 75.2 cm³/mol. The Hall–Kier alpha value is -1.72. The normalized spacial score (nSPS) is 20.0. The minimum absolute atomic E-state index is 0.0192. The monoisotopic (exact) mass is 300 g/mol. The van der Waals surface area contributed by atoms with E-state index in [2.05, 4.69) is 24.5 Å². The van der Waals surface area contributed by atoms with Crippen molar-refractivity contribution in [3.63, 3.8) is 0 Å². The molecule has 1 amide bonds. The fourth-order valence-corrected chi connectivity index (χ4v) is 2.48. The molecule has 116 valence electrons. The third-order valence-electron chi connectivity index (χ3n) is 4.09. The Labute approximate surface area is 121 Å². The molecular weight excluding hydrogens is 281 g/mol. The molecule has 6 heteroatoms. The van der Waals surface area contributed by atoms with Gasteiger partial charge in [0.15, 0.2) is 0 Å². The number of carbonyl (C=O) groups is 1. The minimum atomic E-state index is -4.49. The molecule has 0 aliphatic heterocycles. The number of hydrogen-bond donors (Lipinski definition) is 2. The van der Waals surface area contributed by atoms with Gasteiger partial charge in [-0.1, -0.05) is 19.9 Å². The lowest BCUT2D eigenvalue weighted by atomic mass is 10.1. The SMILES string of the molecule is CNc1c(C(=O)NCC2CC2(C)C)cccc1C(F)(F)F. The Morgan fingerprint density at radius 2 is 2.00 bits per heavy atom. The standard InChI is InChI=1S/C15H19F3N2O/c1-14(2)7-9(14)8-20-13(21)10-5-4-6-11(12(10)19-3)15(16,17)18/h4-6,9,19H,7-8H2,1-3H3,(H,20,21). The molecular formula is C15H19F3N2O. The van der Waals surface area contributed by atoms with Crippen LogP contribution in [-0.2, 0) is 6.18 Å². The van der Waals surface area contributed by atoms with Crippen molar-refractivity contribution in [2.24, 2.45) is 11.3 Å². The van der Waals surface area contributed by atoms with Crippen molar-refractivity contribution in [1.29, 1.82) is 0 Å². The van der Waals surface area contributed by atoms with Gasteiger partial charge in [0.1, 0.15) is 0 Å². The van der Waals surface area contributed by atoms with Gasteiger partial charge in [0.2, 0.25) is 0 Å². The smallest absolute Gasteiger partial charge is 0.387 e. The van der Waals surface area contributed by atoms with Gasteiger partial charge in [-0.05, 0) is 29.9 Å². The van der Waals surface area contributed by atoms with Crippen LogP contribution < -0.4 is 10.6 Å². The van der Waals surface area contributed by atoms with Crippen LogP contribution in [0.15, 0.2) is 18.2 Å². The van der Waals surface area contributed by atoms with Crippen molar-refractivity contribution in [2.75, 3.05) is 18.9 Å². The number of para-hydroxylation sites is 1. The third-order valence-corrected chi connectivity index (χ3v) is 4.09. The lowest BCUT2D eigenvalue weighted by Crippen LogP contribution is -2.28. The Balaban J connectivity index is 2.17. The number of alkyl halides is 3. The summed E-state index contributed by atoms with van der Waals surface area (Å²) in [5.41, 5.74) is -0.778. The van der Waals surface area contributed by atoms with Crippen molar-refractivity contribution in [2.45, 2.75) is 26.4 Å². The first-order chi connectivity index (χ1) is 9.66. The lowest BCUT2D eigenvalue weighted by Gasteiger charge is -2.16. The molecule has 0 radical (unpaired) electrons. The van der Waals surface area contributed by atoms with Crippen molar-refractivity contribution < 1.29 is 18.0 Å². The maximum absolute atomic E-state index is 12.9. The topological polar surface area (TPSA) is 41.1 Å². The Morgan fingerprint density at radius 3 is 2.48 bits per heavy atom. The molecule has 1 unspecified atom stereocenters. The zero-order valence-corrected chi connectivity index (χ0v) is 12.3. The lowest BCUT2D eigenvalue weighted by molar-refractivity contribution is -0.136. The number of hydrogen-bond acceptors (Lipinski definition) is 2. The molecule has 2 rings (SSSR count). The second kappa shape index (κ2) is 5.24. The van der Waals surface area contributed by atoms with Crippen LogP contribution >= 0.6 is 0 Å². The summed E-state index contributed by atoms with van der Waals surface area (Å²) in [5, 5.41) is 5.21. The summed E-state index contributed by atoms with van der Waals surface area (Å²) in [6.07, 6.45) is -3.47. The zero-order valence-electron chi connectivity index (χ0n) is 12.3. The van der Waals surface area contributed by atoms with Crippen LogP contribution in [-0.4, -0.2) is 19.5 Å². The highest BCUT2D eigenvalue weighted by Gasteiger charge is 2.45. The van der Waals surface area contributed by atoms with Crippen molar-refractivity contribution in [3.05, 3.63) is 29.3 Å². The quantitative estimate of drug-likeness (QED) is 0.893. The molecule has 1 fully saturated rings. The summed E-state index contributed by atoms with van der Waals surface area (Å²) in [6.45, 7) is 4.70. The molecule has 1 aliphatic rings. The van der Waals surface area contributed by atoms with Crippen LogP contribution in [0.3, 0.4) is 0 Å². The Bertz CT molecular complexity index is 552. The molecule has 1 aromatic carbocycles. The van der Waals surface area contributed by atoms with Gasteiger partial charge in [0.05, 0.1) is 16.8 Å². The molecule has 1 aromatic rings. The van der Waals surface area contributed by atoms with E-state index in [9.17, 15) is 18.0 Å². The number of nitrogens with one attached hydrogen (secondary N) is 2. The van der Waals surface area contributed by atoms with E-state index >= 15 is 0 Å². The van der Waals surface area contributed by atoms with Crippen molar-refractivity contribution in [3.8, 4) is 0 Å². The zero-order chi connectivity index (χ0) is 15.8. The van der Waals surface area contributed by atoms with E-state index in [-0.39, 0.29) is 16.7 Å². The fourth-order valence-electron chi connectivity index (χ4n) is 2.48. The van der Waals surface area contributed by atoms with Gasteiger partial charge in [-0.2, -0.15) is 13.2 Å². The van der Waals surface area contributed by atoms with E-state index in [1.54, 1.807) is 0 Å². The molecule has 0 aromatic heterocycles. The first-order valence-electron chi connectivity index (χ1n) is 6.83. The van der Waals surface area contributed by atoms with E-state index in [1.807, 2.05) is 0 Å². The van der Waals surface area contributed by atoms with Gasteiger partial charge < -0.3 is 10.6 Å². The molecule has 3 nitrogen and oxygen atoms in total. The summed E-state index contributed by atoms with van der Waals surface area (Å²) in [6, 6.07) is 3.61. The molecule has 1 atom stereocenters. The fraction of sp³-hybridized carbons (Fsp3) is 0.533. The van der Waals surface area contributed by atoms with E-state index < -0.39 is 17.6 Å². The largest absolute Gasteiger partial charge is 0.418 e. The van der Waals surface area contributed by atoms with Gasteiger partial charge in [0.25, 0.3) is 5.91 Å². The number of amides is 1. The van der Waals surface area contributed by atoms with Crippen molar-refractivity contribution >= 4 is 11.6 Å². The van der Waals surface area contributed by atoms with E-state index in [0.717, 1.165) is 12.5 Å². The third kappa shape index (κ3) is 3.31. The van der Waals surface area contributed by atoms with E-state index in [4.69, 9.17) is 0 Å². The van der Waals surface area contributed by atoms with Crippen LogP contribution in [0.5, 0.6) is 0 Å². The molecule has 0 bridgehead atoms. The number of benzene rings is 1. The molecule has 1 aliphatic carbocycles. The first kappa shape index (κ1) is 15.7. The highest BCUT2D eigenvalue weighted by molar-refractivity contribution is 6.00. The average Bonchev–Trinajstić information content (AvgIpc) is 3.01.